The normalized spacial score (nSPS) is 16.1. The van der Waals surface area contributed by atoms with Crippen molar-refractivity contribution in [1.29, 1.82) is 0 Å². The molecule has 5 aromatic rings. The van der Waals surface area contributed by atoms with Crippen LogP contribution >= 0.6 is 22.9 Å². The second-order valence-electron chi connectivity index (χ2n) is 8.29. The Hall–Kier alpha value is -3.94. The van der Waals surface area contributed by atoms with Gasteiger partial charge in [0.05, 0.1) is 21.8 Å². The summed E-state index contributed by atoms with van der Waals surface area (Å²) in [4.78, 5) is 33.0. The first-order chi connectivity index (χ1) is 16.9. The number of furan rings is 1. The molecule has 35 heavy (non-hydrogen) atoms. The number of aliphatic hydroxyl groups is 1. The molecule has 0 radical (unpaired) electrons. The summed E-state index contributed by atoms with van der Waals surface area (Å²) in [5.74, 6) is -1.24. The molecule has 0 aliphatic carbocycles. The number of carbonyl (C=O) groups excluding carboxylic acids is 2. The van der Waals surface area contributed by atoms with E-state index in [0.717, 1.165) is 15.5 Å². The molecular weight excluding hydrogens is 484 g/mol. The van der Waals surface area contributed by atoms with Crippen molar-refractivity contribution in [2.75, 3.05) is 4.90 Å². The number of aryl methyl sites for hydroxylation is 1. The number of hydrogen-bond acceptors (Lipinski definition) is 6. The predicted octanol–water partition coefficient (Wildman–Crippen LogP) is 6.79. The van der Waals surface area contributed by atoms with Crippen LogP contribution in [0.2, 0.25) is 5.02 Å². The van der Waals surface area contributed by atoms with Crippen LogP contribution in [0.5, 0.6) is 0 Å². The SMILES string of the molecule is Cc1ccc(C(=O)C2=C(O)C(=O)N(c3nc4ccc(Cl)cc4s3)C2c2ccc3ccccc3c2)o1. The molecule has 8 heteroatoms. The largest absolute Gasteiger partial charge is 0.503 e. The molecule has 0 saturated carbocycles. The van der Waals surface area contributed by atoms with Crippen LogP contribution in [0.25, 0.3) is 21.0 Å². The van der Waals surface area contributed by atoms with E-state index < -0.39 is 23.5 Å². The van der Waals surface area contributed by atoms with Crippen LogP contribution in [-0.4, -0.2) is 21.8 Å². The molecule has 2 aromatic heterocycles. The first-order valence-corrected chi connectivity index (χ1v) is 12.0. The summed E-state index contributed by atoms with van der Waals surface area (Å²) in [6.07, 6.45) is 0. The number of Topliss-reactive ketones (excluding diaryl/α,β-unsaturated/α-hetero) is 1. The van der Waals surface area contributed by atoms with Gasteiger partial charge in [0.2, 0.25) is 5.78 Å². The van der Waals surface area contributed by atoms with Gasteiger partial charge in [-0.05, 0) is 59.7 Å². The van der Waals surface area contributed by atoms with E-state index in [9.17, 15) is 14.7 Å². The number of ketones is 1. The van der Waals surface area contributed by atoms with Crippen LogP contribution in [0.15, 0.2) is 88.5 Å². The van der Waals surface area contributed by atoms with Crippen LogP contribution in [0.4, 0.5) is 5.13 Å². The number of hydrogen-bond donors (Lipinski definition) is 1. The fraction of sp³-hybridized carbons (Fsp3) is 0.0741. The summed E-state index contributed by atoms with van der Waals surface area (Å²) < 4.78 is 6.34. The Bertz CT molecular complexity index is 1700. The molecule has 172 valence electrons. The lowest BCUT2D eigenvalue weighted by molar-refractivity contribution is -0.117. The van der Waals surface area contributed by atoms with Gasteiger partial charge in [-0.15, -0.1) is 0 Å². The molecule has 1 unspecified atom stereocenters. The van der Waals surface area contributed by atoms with Crippen molar-refractivity contribution >= 4 is 60.7 Å². The summed E-state index contributed by atoms with van der Waals surface area (Å²) in [7, 11) is 0. The molecule has 3 aromatic carbocycles. The number of anilines is 1. The summed E-state index contributed by atoms with van der Waals surface area (Å²) in [6.45, 7) is 1.73. The first kappa shape index (κ1) is 21.6. The van der Waals surface area contributed by atoms with Crippen LogP contribution in [-0.2, 0) is 4.79 Å². The lowest BCUT2D eigenvalue weighted by Gasteiger charge is -2.24. The van der Waals surface area contributed by atoms with E-state index in [2.05, 4.69) is 4.98 Å². The summed E-state index contributed by atoms with van der Waals surface area (Å²) in [6, 6.07) is 21.1. The van der Waals surface area contributed by atoms with Gasteiger partial charge in [0.25, 0.3) is 5.91 Å². The molecule has 3 heterocycles. The van der Waals surface area contributed by atoms with E-state index in [1.165, 1.54) is 16.2 Å². The minimum absolute atomic E-state index is 0.0445. The van der Waals surface area contributed by atoms with Crippen LogP contribution in [0.1, 0.15) is 27.9 Å². The van der Waals surface area contributed by atoms with E-state index in [4.69, 9.17) is 16.0 Å². The Morgan fingerprint density at radius 1 is 1.06 bits per heavy atom. The number of benzene rings is 3. The number of carbonyl (C=O) groups is 2. The second kappa shape index (κ2) is 8.08. The summed E-state index contributed by atoms with van der Waals surface area (Å²) >= 11 is 7.42. The van der Waals surface area contributed by atoms with Crippen molar-refractivity contribution in [3.8, 4) is 0 Å². The van der Waals surface area contributed by atoms with Crippen molar-refractivity contribution in [3.63, 3.8) is 0 Å². The summed E-state index contributed by atoms with van der Waals surface area (Å²) in [5.41, 5.74) is 1.29. The summed E-state index contributed by atoms with van der Waals surface area (Å²) in [5, 5.41) is 13.8. The lowest BCUT2D eigenvalue weighted by atomic mass is 9.93. The quantitative estimate of drug-likeness (QED) is 0.275. The maximum Gasteiger partial charge on any atom is 0.296 e. The van der Waals surface area contributed by atoms with Gasteiger partial charge in [-0.25, -0.2) is 4.98 Å². The Morgan fingerprint density at radius 3 is 2.63 bits per heavy atom. The Morgan fingerprint density at radius 2 is 1.86 bits per heavy atom. The van der Waals surface area contributed by atoms with Gasteiger partial charge in [0, 0.05) is 5.02 Å². The lowest BCUT2D eigenvalue weighted by Crippen LogP contribution is -2.30. The Labute approximate surface area is 208 Å². The van der Waals surface area contributed by atoms with E-state index in [0.29, 0.717) is 27.0 Å². The maximum atomic E-state index is 13.5. The van der Waals surface area contributed by atoms with Gasteiger partial charge in [-0.2, -0.15) is 0 Å². The minimum atomic E-state index is -0.888. The molecule has 0 spiro atoms. The van der Waals surface area contributed by atoms with Crippen LogP contribution in [0, 0.1) is 6.92 Å². The highest BCUT2D eigenvalue weighted by atomic mass is 35.5. The van der Waals surface area contributed by atoms with Crippen molar-refractivity contribution in [2.45, 2.75) is 13.0 Å². The molecule has 0 bridgehead atoms. The molecule has 1 aliphatic heterocycles. The van der Waals surface area contributed by atoms with Crippen LogP contribution in [0.3, 0.4) is 0 Å². The minimum Gasteiger partial charge on any atom is -0.503 e. The van der Waals surface area contributed by atoms with Gasteiger partial charge >= 0.3 is 0 Å². The zero-order chi connectivity index (χ0) is 24.3. The number of halogens is 1. The molecule has 1 atom stereocenters. The zero-order valence-corrected chi connectivity index (χ0v) is 19.9. The van der Waals surface area contributed by atoms with Crippen molar-refractivity contribution < 1.29 is 19.1 Å². The predicted molar refractivity (Wildman–Crippen MR) is 136 cm³/mol. The smallest absolute Gasteiger partial charge is 0.296 e. The third-order valence-corrected chi connectivity index (χ3v) is 7.30. The molecule has 0 fully saturated rings. The maximum absolute atomic E-state index is 13.5. The standard InChI is InChI=1S/C27H17ClN2O4S/c1-14-6-11-20(34-14)24(31)22-23(17-8-7-15-4-2-3-5-16(15)12-17)30(26(33)25(22)32)27-29-19-10-9-18(28)13-21(19)35-27/h2-13,23,32H,1H3. The molecule has 1 N–H and O–H groups in total. The van der Waals surface area contributed by atoms with Gasteiger partial charge in [0.1, 0.15) is 5.76 Å². The molecular formula is C27H17ClN2O4S. The molecule has 6 rings (SSSR count). The highest BCUT2D eigenvalue weighted by molar-refractivity contribution is 7.22. The number of amides is 1. The average Bonchev–Trinajstić information content (AvgIpc) is 3.54. The fourth-order valence-electron chi connectivity index (χ4n) is 4.41. The van der Waals surface area contributed by atoms with Gasteiger partial charge < -0.3 is 9.52 Å². The molecule has 0 saturated heterocycles. The molecule has 1 amide bonds. The Balaban J connectivity index is 1.55. The third-order valence-electron chi connectivity index (χ3n) is 6.05. The van der Waals surface area contributed by atoms with Crippen molar-refractivity contribution in [2.24, 2.45) is 0 Å². The number of aliphatic hydroxyl groups excluding tert-OH is 1. The number of rotatable bonds is 4. The van der Waals surface area contributed by atoms with E-state index in [-0.39, 0.29) is 11.3 Å². The van der Waals surface area contributed by atoms with Crippen LogP contribution < -0.4 is 4.90 Å². The number of thiazole rings is 1. The average molecular weight is 501 g/mol. The number of nitrogens with zero attached hydrogens (tertiary/aromatic N) is 2. The van der Waals surface area contributed by atoms with Gasteiger partial charge in [-0.1, -0.05) is 59.3 Å². The number of aromatic nitrogens is 1. The topological polar surface area (TPSA) is 83.6 Å². The fourth-order valence-corrected chi connectivity index (χ4v) is 5.67. The third kappa shape index (κ3) is 3.51. The number of fused-ring (bicyclic) bond motifs is 2. The van der Waals surface area contributed by atoms with Crippen molar-refractivity contribution in [1.82, 2.24) is 4.98 Å². The second-order valence-corrected chi connectivity index (χ2v) is 9.74. The Kier molecular flexibility index (Phi) is 4.98. The monoisotopic (exact) mass is 500 g/mol. The van der Waals surface area contributed by atoms with Gasteiger partial charge in [0.15, 0.2) is 16.7 Å². The first-order valence-electron chi connectivity index (χ1n) is 10.8. The zero-order valence-electron chi connectivity index (χ0n) is 18.4. The van der Waals surface area contributed by atoms with E-state index >= 15 is 0 Å². The van der Waals surface area contributed by atoms with Crippen molar-refractivity contribution in [3.05, 3.63) is 106 Å². The molecule has 1 aliphatic rings. The highest BCUT2D eigenvalue weighted by Gasteiger charge is 2.46. The van der Waals surface area contributed by atoms with E-state index in [1.807, 2.05) is 42.5 Å². The van der Waals surface area contributed by atoms with E-state index in [1.54, 1.807) is 37.3 Å². The highest BCUT2D eigenvalue weighted by Crippen LogP contribution is 2.45. The molecule has 6 nitrogen and oxygen atoms in total. The van der Waals surface area contributed by atoms with Gasteiger partial charge in [-0.3, -0.25) is 14.5 Å².